The molecule has 1 aliphatic carbocycles. The number of carbonyl (C=O) groups excluding carboxylic acids is 1. The molecular formula is C16H30N2O. The van der Waals surface area contributed by atoms with Crippen molar-refractivity contribution in [1.82, 2.24) is 10.2 Å². The summed E-state index contributed by atoms with van der Waals surface area (Å²) in [6.07, 6.45) is 12.3. The summed E-state index contributed by atoms with van der Waals surface area (Å²) in [6.45, 7) is 4.41. The van der Waals surface area contributed by atoms with E-state index in [1.807, 2.05) is 0 Å². The molecule has 19 heavy (non-hydrogen) atoms. The van der Waals surface area contributed by atoms with Gasteiger partial charge in [-0.2, -0.15) is 0 Å². The molecule has 2 atom stereocenters. The van der Waals surface area contributed by atoms with E-state index < -0.39 is 0 Å². The van der Waals surface area contributed by atoms with Gasteiger partial charge in [-0.15, -0.1) is 0 Å². The van der Waals surface area contributed by atoms with Gasteiger partial charge in [0.1, 0.15) is 0 Å². The summed E-state index contributed by atoms with van der Waals surface area (Å²) < 4.78 is 0. The van der Waals surface area contributed by atoms with Crippen molar-refractivity contribution in [3.63, 3.8) is 0 Å². The third-order valence-corrected chi connectivity index (χ3v) is 4.66. The summed E-state index contributed by atoms with van der Waals surface area (Å²) in [5.74, 6) is 0.388. The van der Waals surface area contributed by atoms with Crippen LogP contribution in [0.1, 0.15) is 78.1 Å². The molecule has 1 saturated carbocycles. The molecule has 2 aliphatic rings. The predicted molar refractivity (Wildman–Crippen MR) is 78.9 cm³/mol. The summed E-state index contributed by atoms with van der Waals surface area (Å²) in [4.78, 5) is 14.9. The van der Waals surface area contributed by atoms with Crippen LogP contribution in [0.3, 0.4) is 0 Å². The Morgan fingerprint density at radius 2 is 1.84 bits per heavy atom. The molecule has 1 heterocycles. The minimum atomic E-state index is 0.0958. The van der Waals surface area contributed by atoms with Crippen molar-refractivity contribution in [2.24, 2.45) is 0 Å². The first-order chi connectivity index (χ1) is 9.27. The van der Waals surface area contributed by atoms with E-state index in [1.54, 1.807) is 0 Å². The number of unbranched alkanes of at least 4 members (excludes halogenated alkanes) is 1. The van der Waals surface area contributed by atoms with Crippen molar-refractivity contribution in [3.8, 4) is 0 Å². The van der Waals surface area contributed by atoms with E-state index >= 15 is 0 Å². The smallest absolute Gasteiger partial charge is 0.241 e. The second-order valence-corrected chi connectivity index (χ2v) is 6.20. The lowest BCUT2D eigenvalue weighted by Gasteiger charge is -2.35. The Balaban J connectivity index is 2.01. The number of hydrogen-bond donors (Lipinski definition) is 1. The molecule has 1 aliphatic heterocycles. The molecule has 2 rings (SSSR count). The van der Waals surface area contributed by atoms with Gasteiger partial charge in [-0.1, -0.05) is 52.4 Å². The Hall–Kier alpha value is -0.570. The highest BCUT2D eigenvalue weighted by atomic mass is 16.2. The SMILES string of the molecule is CCCCC1NC(CCC)N(C2CCCCC2)C1=O. The van der Waals surface area contributed by atoms with Gasteiger partial charge >= 0.3 is 0 Å². The topological polar surface area (TPSA) is 32.3 Å². The van der Waals surface area contributed by atoms with E-state index in [9.17, 15) is 4.79 Å². The number of nitrogens with zero attached hydrogens (tertiary/aromatic N) is 1. The highest BCUT2D eigenvalue weighted by Gasteiger charge is 2.41. The molecule has 0 radical (unpaired) electrons. The molecule has 1 N–H and O–H groups in total. The van der Waals surface area contributed by atoms with Crippen LogP contribution in [-0.2, 0) is 4.79 Å². The van der Waals surface area contributed by atoms with Crippen LogP contribution in [0.4, 0.5) is 0 Å². The molecule has 0 aromatic heterocycles. The zero-order valence-electron chi connectivity index (χ0n) is 12.7. The van der Waals surface area contributed by atoms with Crippen LogP contribution >= 0.6 is 0 Å². The Morgan fingerprint density at radius 1 is 1.11 bits per heavy atom. The maximum atomic E-state index is 12.7. The van der Waals surface area contributed by atoms with E-state index in [0.29, 0.717) is 18.1 Å². The van der Waals surface area contributed by atoms with Crippen molar-refractivity contribution in [3.05, 3.63) is 0 Å². The minimum absolute atomic E-state index is 0.0958. The molecule has 2 fully saturated rings. The fourth-order valence-corrected chi connectivity index (χ4v) is 3.62. The Labute approximate surface area is 118 Å². The Bertz CT molecular complexity index is 286. The Kier molecular flexibility index (Phi) is 5.68. The molecule has 3 heteroatoms. The van der Waals surface area contributed by atoms with Gasteiger partial charge in [-0.3, -0.25) is 10.1 Å². The second-order valence-electron chi connectivity index (χ2n) is 6.20. The summed E-state index contributed by atoms with van der Waals surface area (Å²) in [6, 6.07) is 0.607. The lowest BCUT2D eigenvalue weighted by atomic mass is 9.93. The number of amides is 1. The van der Waals surface area contributed by atoms with Crippen LogP contribution in [0.25, 0.3) is 0 Å². The monoisotopic (exact) mass is 266 g/mol. The molecule has 3 nitrogen and oxygen atoms in total. The predicted octanol–water partition coefficient (Wildman–Crippen LogP) is 3.44. The minimum Gasteiger partial charge on any atom is -0.323 e. The Morgan fingerprint density at radius 3 is 2.47 bits per heavy atom. The zero-order valence-corrected chi connectivity index (χ0v) is 12.7. The van der Waals surface area contributed by atoms with Gasteiger partial charge in [0, 0.05) is 6.04 Å². The summed E-state index contributed by atoms with van der Waals surface area (Å²) in [5.41, 5.74) is 0. The van der Waals surface area contributed by atoms with Crippen LogP contribution in [0, 0.1) is 0 Å². The van der Waals surface area contributed by atoms with Crippen molar-refractivity contribution in [2.45, 2.75) is 96.3 Å². The van der Waals surface area contributed by atoms with E-state index in [-0.39, 0.29) is 6.04 Å². The lowest BCUT2D eigenvalue weighted by molar-refractivity contribution is -0.133. The van der Waals surface area contributed by atoms with E-state index in [4.69, 9.17) is 0 Å². The van der Waals surface area contributed by atoms with Gasteiger partial charge in [-0.05, 0) is 25.7 Å². The van der Waals surface area contributed by atoms with Gasteiger partial charge in [0.25, 0.3) is 0 Å². The molecule has 1 amide bonds. The fourth-order valence-electron chi connectivity index (χ4n) is 3.62. The van der Waals surface area contributed by atoms with Gasteiger partial charge in [0.15, 0.2) is 0 Å². The van der Waals surface area contributed by atoms with Crippen LogP contribution in [0.5, 0.6) is 0 Å². The van der Waals surface area contributed by atoms with Gasteiger partial charge < -0.3 is 4.90 Å². The highest BCUT2D eigenvalue weighted by molar-refractivity contribution is 5.84. The molecule has 0 bridgehead atoms. The van der Waals surface area contributed by atoms with Crippen molar-refractivity contribution in [1.29, 1.82) is 0 Å². The third-order valence-electron chi connectivity index (χ3n) is 4.66. The molecule has 0 aromatic carbocycles. The van der Waals surface area contributed by atoms with Gasteiger partial charge in [-0.25, -0.2) is 0 Å². The average molecular weight is 266 g/mol. The fraction of sp³-hybridized carbons (Fsp3) is 0.938. The first-order valence-corrected chi connectivity index (χ1v) is 8.36. The number of carbonyl (C=O) groups is 1. The molecule has 110 valence electrons. The molecule has 0 spiro atoms. The molecule has 0 aromatic rings. The third kappa shape index (κ3) is 3.50. The highest BCUT2D eigenvalue weighted by Crippen LogP contribution is 2.29. The largest absolute Gasteiger partial charge is 0.323 e. The summed E-state index contributed by atoms with van der Waals surface area (Å²) in [7, 11) is 0. The van der Waals surface area contributed by atoms with E-state index in [2.05, 4.69) is 24.1 Å². The number of nitrogens with one attached hydrogen (secondary N) is 1. The first kappa shape index (κ1) is 14.8. The second kappa shape index (κ2) is 7.28. The van der Waals surface area contributed by atoms with Crippen molar-refractivity contribution >= 4 is 5.91 Å². The molecular weight excluding hydrogens is 236 g/mol. The van der Waals surface area contributed by atoms with Gasteiger partial charge in [0.05, 0.1) is 12.2 Å². The first-order valence-electron chi connectivity index (χ1n) is 8.36. The normalized spacial score (nSPS) is 29.2. The molecule has 2 unspecified atom stereocenters. The van der Waals surface area contributed by atoms with Gasteiger partial charge in [0.2, 0.25) is 5.91 Å². The molecule has 1 saturated heterocycles. The van der Waals surface area contributed by atoms with E-state index in [0.717, 1.165) is 25.7 Å². The van der Waals surface area contributed by atoms with E-state index in [1.165, 1.54) is 38.5 Å². The summed E-state index contributed by atoms with van der Waals surface area (Å²) >= 11 is 0. The van der Waals surface area contributed by atoms with Crippen LogP contribution in [-0.4, -0.2) is 29.1 Å². The maximum Gasteiger partial charge on any atom is 0.241 e. The average Bonchev–Trinajstić information content (AvgIpc) is 2.74. The lowest BCUT2D eigenvalue weighted by Crippen LogP contribution is -2.45. The van der Waals surface area contributed by atoms with Crippen LogP contribution < -0.4 is 5.32 Å². The van der Waals surface area contributed by atoms with Crippen molar-refractivity contribution < 1.29 is 4.79 Å². The zero-order chi connectivity index (χ0) is 13.7. The van der Waals surface area contributed by atoms with Crippen LogP contribution in [0.15, 0.2) is 0 Å². The number of rotatable bonds is 6. The standard InChI is InChI=1S/C16H30N2O/c1-3-5-12-14-16(19)18(15(17-14)9-4-2)13-10-7-6-8-11-13/h13-15,17H,3-12H2,1-2H3. The van der Waals surface area contributed by atoms with Crippen LogP contribution in [0.2, 0.25) is 0 Å². The van der Waals surface area contributed by atoms with Crippen molar-refractivity contribution in [2.75, 3.05) is 0 Å². The number of hydrogen-bond acceptors (Lipinski definition) is 2. The quantitative estimate of drug-likeness (QED) is 0.799. The summed E-state index contributed by atoms with van der Waals surface area (Å²) in [5, 5.41) is 3.60. The maximum absolute atomic E-state index is 12.7.